The van der Waals surface area contributed by atoms with Crippen LogP contribution >= 0.6 is 0 Å². The predicted molar refractivity (Wildman–Crippen MR) is 72.3 cm³/mol. The van der Waals surface area contributed by atoms with Crippen LogP contribution in [0.3, 0.4) is 0 Å². The van der Waals surface area contributed by atoms with Crippen molar-refractivity contribution in [3.8, 4) is 0 Å². The number of rotatable bonds is 8. The van der Waals surface area contributed by atoms with E-state index in [0.29, 0.717) is 18.7 Å². The summed E-state index contributed by atoms with van der Waals surface area (Å²) in [4.78, 5) is 23.1. The Balaban J connectivity index is 2.77. The van der Waals surface area contributed by atoms with Crippen LogP contribution in [0.15, 0.2) is 24.3 Å². The monoisotopic (exact) mass is 283 g/mol. The van der Waals surface area contributed by atoms with Crippen molar-refractivity contribution in [2.45, 2.75) is 19.8 Å². The van der Waals surface area contributed by atoms with Gasteiger partial charge in [-0.3, -0.25) is 9.59 Å². The first kappa shape index (κ1) is 15.9. The van der Waals surface area contributed by atoms with Crippen molar-refractivity contribution in [1.82, 2.24) is 0 Å². The third-order valence-electron chi connectivity index (χ3n) is 2.91. The SMILES string of the molecule is CC(CN(CCCC(=O)O)c1cccc(F)c1)C(=O)O. The first-order chi connectivity index (χ1) is 9.40. The Morgan fingerprint density at radius 3 is 2.60 bits per heavy atom. The maximum atomic E-state index is 13.2. The highest BCUT2D eigenvalue weighted by molar-refractivity contribution is 5.70. The molecule has 5 nitrogen and oxygen atoms in total. The molecule has 0 aromatic heterocycles. The van der Waals surface area contributed by atoms with Crippen molar-refractivity contribution in [2.24, 2.45) is 5.92 Å². The van der Waals surface area contributed by atoms with Gasteiger partial charge in [0.05, 0.1) is 5.92 Å². The van der Waals surface area contributed by atoms with E-state index in [1.807, 2.05) is 0 Å². The molecule has 0 saturated carbocycles. The van der Waals surface area contributed by atoms with E-state index < -0.39 is 23.7 Å². The van der Waals surface area contributed by atoms with Crippen LogP contribution in [0.1, 0.15) is 19.8 Å². The molecule has 2 N–H and O–H groups in total. The Labute approximate surface area is 116 Å². The maximum Gasteiger partial charge on any atom is 0.308 e. The number of carboxylic acid groups (broad SMARTS) is 2. The van der Waals surface area contributed by atoms with E-state index in [1.54, 1.807) is 24.0 Å². The van der Waals surface area contributed by atoms with Crippen LogP contribution in [0.25, 0.3) is 0 Å². The molecule has 0 aliphatic heterocycles. The van der Waals surface area contributed by atoms with E-state index in [0.717, 1.165) is 0 Å². The standard InChI is InChI=1S/C14H18FNO4/c1-10(14(19)20)9-16(7-3-6-13(17)18)12-5-2-4-11(15)8-12/h2,4-5,8,10H,3,6-7,9H2,1H3,(H,17,18)(H,19,20). The van der Waals surface area contributed by atoms with Crippen LogP contribution in [0.5, 0.6) is 0 Å². The molecule has 0 spiro atoms. The predicted octanol–water partition coefficient (Wildman–Crippen LogP) is 2.22. The number of hydrogen-bond acceptors (Lipinski definition) is 3. The van der Waals surface area contributed by atoms with Gasteiger partial charge in [-0.25, -0.2) is 4.39 Å². The largest absolute Gasteiger partial charge is 0.481 e. The minimum atomic E-state index is -0.940. The lowest BCUT2D eigenvalue weighted by atomic mass is 10.1. The molecule has 110 valence electrons. The summed E-state index contributed by atoms with van der Waals surface area (Å²) in [6, 6.07) is 5.84. The van der Waals surface area contributed by atoms with Crippen molar-refractivity contribution in [1.29, 1.82) is 0 Å². The van der Waals surface area contributed by atoms with Crippen LogP contribution in [0.4, 0.5) is 10.1 Å². The summed E-state index contributed by atoms with van der Waals surface area (Å²) in [5, 5.41) is 17.6. The zero-order valence-electron chi connectivity index (χ0n) is 11.3. The van der Waals surface area contributed by atoms with Gasteiger partial charge in [0.1, 0.15) is 5.82 Å². The molecule has 1 rings (SSSR count). The average molecular weight is 283 g/mol. The fourth-order valence-electron chi connectivity index (χ4n) is 1.83. The van der Waals surface area contributed by atoms with E-state index in [-0.39, 0.29) is 13.0 Å². The molecule has 0 radical (unpaired) electrons. The molecule has 0 fully saturated rings. The summed E-state index contributed by atoms with van der Waals surface area (Å²) in [6.45, 7) is 2.14. The van der Waals surface area contributed by atoms with E-state index in [9.17, 15) is 14.0 Å². The quantitative estimate of drug-likeness (QED) is 0.765. The van der Waals surface area contributed by atoms with Gasteiger partial charge < -0.3 is 15.1 Å². The Hall–Kier alpha value is -2.11. The highest BCUT2D eigenvalue weighted by Crippen LogP contribution is 2.18. The molecule has 0 aliphatic carbocycles. The molecule has 20 heavy (non-hydrogen) atoms. The number of benzene rings is 1. The summed E-state index contributed by atoms with van der Waals surface area (Å²) < 4.78 is 13.2. The van der Waals surface area contributed by atoms with Gasteiger partial charge in [0, 0.05) is 25.2 Å². The first-order valence-corrected chi connectivity index (χ1v) is 6.35. The molecule has 0 bridgehead atoms. The van der Waals surface area contributed by atoms with E-state index >= 15 is 0 Å². The highest BCUT2D eigenvalue weighted by atomic mass is 19.1. The number of anilines is 1. The second-order valence-corrected chi connectivity index (χ2v) is 4.66. The zero-order chi connectivity index (χ0) is 15.1. The van der Waals surface area contributed by atoms with Crippen LogP contribution in [0, 0.1) is 11.7 Å². The second kappa shape index (κ2) is 7.47. The number of nitrogens with zero attached hydrogens (tertiary/aromatic N) is 1. The van der Waals surface area contributed by atoms with Crippen molar-refractivity contribution in [3.05, 3.63) is 30.1 Å². The minimum absolute atomic E-state index is 0.00668. The van der Waals surface area contributed by atoms with Gasteiger partial charge in [0.2, 0.25) is 0 Å². The average Bonchev–Trinajstić information content (AvgIpc) is 2.36. The molecule has 1 aromatic carbocycles. The highest BCUT2D eigenvalue weighted by Gasteiger charge is 2.17. The lowest BCUT2D eigenvalue weighted by Crippen LogP contribution is -2.33. The van der Waals surface area contributed by atoms with Gasteiger partial charge in [-0.05, 0) is 24.6 Å². The molecule has 0 aliphatic rings. The maximum absolute atomic E-state index is 13.2. The summed E-state index contributed by atoms with van der Waals surface area (Å²) in [7, 11) is 0. The molecule has 0 saturated heterocycles. The fourth-order valence-corrected chi connectivity index (χ4v) is 1.83. The Kier molecular flexibility index (Phi) is 5.96. The lowest BCUT2D eigenvalue weighted by molar-refractivity contribution is -0.141. The van der Waals surface area contributed by atoms with Crippen molar-refractivity contribution in [2.75, 3.05) is 18.0 Å². The summed E-state index contributed by atoms with van der Waals surface area (Å²) in [5.41, 5.74) is 0.559. The summed E-state index contributed by atoms with van der Waals surface area (Å²) >= 11 is 0. The molecule has 0 amide bonds. The van der Waals surface area contributed by atoms with Crippen LogP contribution in [-0.2, 0) is 9.59 Å². The molecular formula is C14H18FNO4. The Morgan fingerprint density at radius 1 is 1.35 bits per heavy atom. The van der Waals surface area contributed by atoms with Crippen LogP contribution in [-0.4, -0.2) is 35.2 Å². The van der Waals surface area contributed by atoms with Gasteiger partial charge in [-0.15, -0.1) is 0 Å². The molecule has 0 heterocycles. The van der Waals surface area contributed by atoms with Crippen molar-refractivity contribution < 1.29 is 24.2 Å². The normalized spacial score (nSPS) is 11.9. The van der Waals surface area contributed by atoms with Gasteiger partial charge in [-0.1, -0.05) is 13.0 Å². The number of aliphatic carboxylic acids is 2. The Morgan fingerprint density at radius 2 is 2.05 bits per heavy atom. The lowest BCUT2D eigenvalue weighted by Gasteiger charge is -2.26. The van der Waals surface area contributed by atoms with E-state index in [4.69, 9.17) is 10.2 Å². The van der Waals surface area contributed by atoms with E-state index in [2.05, 4.69) is 0 Å². The molecular weight excluding hydrogens is 265 g/mol. The molecule has 6 heteroatoms. The van der Waals surface area contributed by atoms with Crippen LogP contribution in [0.2, 0.25) is 0 Å². The molecule has 1 aromatic rings. The third-order valence-corrected chi connectivity index (χ3v) is 2.91. The van der Waals surface area contributed by atoms with E-state index in [1.165, 1.54) is 12.1 Å². The smallest absolute Gasteiger partial charge is 0.308 e. The number of hydrogen-bond donors (Lipinski definition) is 2. The number of carboxylic acids is 2. The first-order valence-electron chi connectivity index (χ1n) is 6.35. The van der Waals surface area contributed by atoms with Gasteiger partial charge in [0.15, 0.2) is 0 Å². The second-order valence-electron chi connectivity index (χ2n) is 4.66. The number of halogens is 1. The summed E-state index contributed by atoms with van der Waals surface area (Å²) in [5.74, 6) is -2.88. The molecule has 1 unspecified atom stereocenters. The summed E-state index contributed by atoms with van der Waals surface area (Å²) in [6.07, 6.45) is 0.367. The minimum Gasteiger partial charge on any atom is -0.481 e. The fraction of sp³-hybridized carbons (Fsp3) is 0.429. The zero-order valence-corrected chi connectivity index (χ0v) is 11.3. The van der Waals surface area contributed by atoms with Gasteiger partial charge in [0.25, 0.3) is 0 Å². The molecule has 1 atom stereocenters. The van der Waals surface area contributed by atoms with Gasteiger partial charge >= 0.3 is 11.9 Å². The van der Waals surface area contributed by atoms with Crippen molar-refractivity contribution >= 4 is 17.6 Å². The Bertz CT molecular complexity index is 478. The van der Waals surface area contributed by atoms with Crippen molar-refractivity contribution in [3.63, 3.8) is 0 Å². The van der Waals surface area contributed by atoms with Gasteiger partial charge in [-0.2, -0.15) is 0 Å². The topological polar surface area (TPSA) is 77.8 Å². The van der Waals surface area contributed by atoms with Crippen LogP contribution < -0.4 is 4.90 Å². The third kappa shape index (κ3) is 5.26. The number of carbonyl (C=O) groups is 2.